The molecule has 0 radical (unpaired) electrons. The molecule has 0 spiro atoms. The number of hydrogen-bond acceptors (Lipinski definition) is 4. The summed E-state index contributed by atoms with van der Waals surface area (Å²) in [5.41, 5.74) is 0.640. The summed E-state index contributed by atoms with van der Waals surface area (Å²) in [4.78, 5) is 20.3. The number of rotatable bonds is 4. The van der Waals surface area contributed by atoms with E-state index < -0.39 is 0 Å². The number of nitrogens with zero attached hydrogens (tertiary/aromatic N) is 2. The van der Waals surface area contributed by atoms with Gasteiger partial charge in [-0.25, -0.2) is 9.97 Å². The summed E-state index contributed by atoms with van der Waals surface area (Å²) in [6.07, 6.45) is 3.28. The molecule has 1 aromatic carbocycles. The molecule has 2 rings (SSSR count). The van der Waals surface area contributed by atoms with Gasteiger partial charge in [0.25, 0.3) is 0 Å². The Morgan fingerprint density at radius 2 is 1.45 bits per heavy atom. The van der Waals surface area contributed by atoms with E-state index in [0.29, 0.717) is 10.8 Å². The molecule has 1 heterocycles. The van der Waals surface area contributed by atoms with Gasteiger partial charge in [-0.2, -0.15) is 0 Å². The molecule has 0 aliphatic rings. The van der Waals surface area contributed by atoms with Crippen molar-refractivity contribution in [2.45, 2.75) is 5.16 Å². The topological polar surface area (TPSA) is 54.9 Å². The molecule has 0 fully saturated rings. The van der Waals surface area contributed by atoms with Crippen molar-refractivity contribution in [2.24, 2.45) is 0 Å². The summed E-state index contributed by atoms with van der Waals surface area (Å²) in [5, 5.41) is 3.43. The lowest BCUT2D eigenvalue weighted by molar-refractivity contribution is -0.113. The highest BCUT2D eigenvalue weighted by Gasteiger charge is 2.19. The second-order valence-corrected chi connectivity index (χ2v) is 8.72. The van der Waals surface area contributed by atoms with Crippen molar-refractivity contribution in [1.82, 2.24) is 9.97 Å². The Kier molecular flexibility index (Phi) is 7.34. The van der Waals surface area contributed by atoms with Gasteiger partial charge in [-0.05, 0) is 85.7 Å². The van der Waals surface area contributed by atoms with Crippen LogP contribution in [0.5, 0.6) is 0 Å². The van der Waals surface area contributed by atoms with E-state index in [1.165, 1.54) is 11.8 Å². The average Bonchev–Trinajstić information content (AvgIpc) is 2.54. The van der Waals surface area contributed by atoms with Crippen LogP contribution < -0.4 is 5.32 Å². The molecule has 0 aliphatic carbocycles. The fourth-order valence-electron chi connectivity index (χ4n) is 1.38. The minimum absolute atomic E-state index is 0.153. The molecule has 1 aromatic heterocycles. The van der Waals surface area contributed by atoms with Crippen molar-refractivity contribution in [2.75, 3.05) is 11.1 Å². The standard InChI is InChI=1S/C12H6Br5N3OS/c13-6-7(14)9(16)11(10(17)8(6)15)20-5(21)4-22-12-18-2-1-3-19-12/h1-3H,4H2,(H,20,21). The van der Waals surface area contributed by atoms with E-state index in [0.717, 1.165) is 22.4 Å². The fraction of sp³-hybridized carbons (Fsp3) is 0.0833. The Bertz CT molecular complexity index is 685. The molecule has 10 heteroatoms. The van der Waals surface area contributed by atoms with Gasteiger partial charge < -0.3 is 5.32 Å². The second kappa shape index (κ2) is 8.57. The molecule has 0 saturated carbocycles. The van der Waals surface area contributed by atoms with Crippen molar-refractivity contribution in [1.29, 1.82) is 0 Å². The zero-order chi connectivity index (χ0) is 16.3. The zero-order valence-electron chi connectivity index (χ0n) is 10.5. The van der Waals surface area contributed by atoms with Gasteiger partial charge in [0.1, 0.15) is 0 Å². The molecule has 0 aliphatic heterocycles. The number of amides is 1. The van der Waals surface area contributed by atoms with Crippen molar-refractivity contribution in [3.8, 4) is 0 Å². The van der Waals surface area contributed by atoms with Crippen LogP contribution in [-0.4, -0.2) is 21.6 Å². The summed E-state index contributed by atoms with van der Waals surface area (Å²) in [7, 11) is 0. The van der Waals surface area contributed by atoms with E-state index in [1.807, 2.05) is 0 Å². The maximum Gasteiger partial charge on any atom is 0.234 e. The lowest BCUT2D eigenvalue weighted by atomic mass is 10.3. The van der Waals surface area contributed by atoms with Gasteiger partial charge in [-0.1, -0.05) is 11.8 Å². The molecule has 0 saturated heterocycles. The van der Waals surface area contributed by atoms with Crippen LogP contribution in [0.15, 0.2) is 46.0 Å². The monoisotopic (exact) mass is 635 g/mol. The highest BCUT2D eigenvalue weighted by molar-refractivity contribution is 9.15. The van der Waals surface area contributed by atoms with E-state index in [9.17, 15) is 4.79 Å². The summed E-state index contributed by atoms with van der Waals surface area (Å²) in [5.74, 6) is 0.0637. The smallest absolute Gasteiger partial charge is 0.234 e. The second-order valence-electron chi connectivity index (χ2n) is 3.81. The molecule has 0 unspecified atom stereocenters. The lowest BCUT2D eigenvalue weighted by Gasteiger charge is -2.14. The number of benzene rings is 1. The van der Waals surface area contributed by atoms with Gasteiger partial charge in [-0.3, -0.25) is 4.79 Å². The Balaban J connectivity index is 2.12. The van der Waals surface area contributed by atoms with E-state index in [1.54, 1.807) is 18.5 Å². The number of carbonyl (C=O) groups excluding carboxylic acids is 1. The van der Waals surface area contributed by atoms with Crippen LogP contribution in [0.2, 0.25) is 0 Å². The molecule has 4 nitrogen and oxygen atoms in total. The van der Waals surface area contributed by atoms with Crippen LogP contribution in [-0.2, 0) is 4.79 Å². The number of nitrogens with one attached hydrogen (secondary N) is 1. The summed E-state index contributed by atoms with van der Waals surface area (Å²) >= 11 is 18.6. The van der Waals surface area contributed by atoms with E-state index in [4.69, 9.17) is 0 Å². The SMILES string of the molecule is O=C(CSc1ncccn1)Nc1c(Br)c(Br)c(Br)c(Br)c1Br. The number of aromatic nitrogens is 2. The van der Waals surface area contributed by atoms with Crippen LogP contribution in [0.25, 0.3) is 0 Å². The predicted molar refractivity (Wildman–Crippen MR) is 106 cm³/mol. The van der Waals surface area contributed by atoms with Crippen molar-refractivity contribution < 1.29 is 4.79 Å². The van der Waals surface area contributed by atoms with E-state index in [-0.39, 0.29) is 11.7 Å². The minimum atomic E-state index is -0.153. The summed E-state index contributed by atoms with van der Waals surface area (Å²) in [6, 6.07) is 1.73. The first-order valence-corrected chi connectivity index (χ1v) is 10.6. The molecule has 22 heavy (non-hydrogen) atoms. The van der Waals surface area contributed by atoms with Crippen molar-refractivity contribution in [3.05, 3.63) is 40.8 Å². The number of anilines is 1. The Hall–Kier alpha value is 0.520. The average molecular weight is 640 g/mol. The van der Waals surface area contributed by atoms with Gasteiger partial charge in [0.05, 0.1) is 20.4 Å². The van der Waals surface area contributed by atoms with Crippen LogP contribution in [0.1, 0.15) is 0 Å². The van der Waals surface area contributed by atoms with Gasteiger partial charge in [0, 0.05) is 25.8 Å². The molecule has 1 N–H and O–H groups in total. The number of hydrogen-bond donors (Lipinski definition) is 1. The molecular weight excluding hydrogens is 634 g/mol. The molecule has 0 atom stereocenters. The van der Waals surface area contributed by atoms with Gasteiger partial charge in [-0.15, -0.1) is 0 Å². The molecule has 2 aromatic rings. The summed E-state index contributed by atoms with van der Waals surface area (Å²) < 4.78 is 3.93. The van der Waals surface area contributed by atoms with E-state index >= 15 is 0 Å². The molecular formula is C12H6Br5N3OS. The first kappa shape index (κ1) is 18.9. The zero-order valence-corrected chi connectivity index (χ0v) is 19.3. The molecule has 1 amide bonds. The minimum Gasteiger partial charge on any atom is -0.323 e. The first-order chi connectivity index (χ1) is 10.4. The predicted octanol–water partition coefficient (Wildman–Crippen LogP) is 6.02. The van der Waals surface area contributed by atoms with E-state index in [2.05, 4.69) is 94.9 Å². The van der Waals surface area contributed by atoms with Crippen molar-refractivity contribution in [3.63, 3.8) is 0 Å². The third kappa shape index (κ3) is 4.54. The number of thioether (sulfide) groups is 1. The maximum absolute atomic E-state index is 12.1. The maximum atomic E-state index is 12.1. The highest BCUT2D eigenvalue weighted by Crippen LogP contribution is 2.47. The lowest BCUT2D eigenvalue weighted by Crippen LogP contribution is -2.15. The Morgan fingerprint density at radius 3 is 2.00 bits per heavy atom. The number of carbonyl (C=O) groups is 1. The van der Waals surface area contributed by atoms with Gasteiger partial charge in [0.2, 0.25) is 5.91 Å². The van der Waals surface area contributed by atoms with Crippen LogP contribution >= 0.6 is 91.4 Å². The fourth-order valence-corrected chi connectivity index (χ4v) is 5.23. The first-order valence-electron chi connectivity index (χ1n) is 5.63. The Morgan fingerprint density at radius 1 is 0.955 bits per heavy atom. The largest absolute Gasteiger partial charge is 0.323 e. The van der Waals surface area contributed by atoms with Crippen LogP contribution in [0.4, 0.5) is 5.69 Å². The summed E-state index contributed by atoms with van der Waals surface area (Å²) in [6.45, 7) is 0. The molecule has 0 bridgehead atoms. The quantitative estimate of drug-likeness (QED) is 0.193. The normalized spacial score (nSPS) is 10.6. The number of halogens is 5. The molecule has 116 valence electrons. The Labute approximate surface area is 173 Å². The van der Waals surface area contributed by atoms with Crippen molar-refractivity contribution >= 4 is 103 Å². The van der Waals surface area contributed by atoms with Crippen LogP contribution in [0, 0.1) is 0 Å². The van der Waals surface area contributed by atoms with Gasteiger partial charge >= 0.3 is 0 Å². The van der Waals surface area contributed by atoms with Gasteiger partial charge in [0.15, 0.2) is 5.16 Å². The highest BCUT2D eigenvalue weighted by atomic mass is 79.9. The third-order valence-electron chi connectivity index (χ3n) is 2.35. The van der Waals surface area contributed by atoms with Crippen LogP contribution in [0.3, 0.4) is 0 Å². The third-order valence-corrected chi connectivity index (χ3v) is 9.32.